The number of amides is 1. The van der Waals surface area contributed by atoms with Gasteiger partial charge in [-0.2, -0.15) is 0 Å². The summed E-state index contributed by atoms with van der Waals surface area (Å²) in [6.07, 6.45) is 0.641. The van der Waals surface area contributed by atoms with Crippen molar-refractivity contribution >= 4 is 11.7 Å². The first-order chi connectivity index (χ1) is 13.0. The van der Waals surface area contributed by atoms with Gasteiger partial charge in [0.05, 0.1) is 0 Å². The molecule has 1 saturated heterocycles. The molecule has 0 aliphatic carbocycles. The molecular formula is C20H26FN5O. The van der Waals surface area contributed by atoms with Crippen molar-refractivity contribution in [2.45, 2.75) is 20.3 Å². The van der Waals surface area contributed by atoms with Gasteiger partial charge in [-0.25, -0.2) is 14.4 Å². The van der Waals surface area contributed by atoms with Crippen LogP contribution in [-0.4, -0.2) is 60.0 Å². The zero-order chi connectivity index (χ0) is 19.2. The summed E-state index contributed by atoms with van der Waals surface area (Å²) in [6, 6.07) is 8.07. The van der Waals surface area contributed by atoms with Gasteiger partial charge in [-0.15, -0.1) is 0 Å². The quantitative estimate of drug-likeness (QED) is 0.842. The second-order valence-electron chi connectivity index (χ2n) is 6.71. The van der Waals surface area contributed by atoms with E-state index in [2.05, 4.69) is 32.0 Å². The number of carbonyl (C=O) groups excluding carboxylic acids is 1. The van der Waals surface area contributed by atoms with Crippen LogP contribution in [0.4, 0.5) is 10.2 Å². The van der Waals surface area contributed by atoms with E-state index in [1.807, 2.05) is 0 Å². The Bertz CT molecular complexity index is 772. The third-order valence-electron chi connectivity index (χ3n) is 4.81. The Morgan fingerprint density at radius 3 is 2.52 bits per heavy atom. The number of hydrogen-bond acceptors (Lipinski definition) is 5. The molecule has 1 aromatic carbocycles. The Hall–Kier alpha value is -2.54. The van der Waals surface area contributed by atoms with E-state index in [0.717, 1.165) is 44.1 Å². The summed E-state index contributed by atoms with van der Waals surface area (Å²) in [5, 5.41) is 2.89. The first-order valence-corrected chi connectivity index (χ1v) is 9.41. The average molecular weight is 371 g/mol. The van der Waals surface area contributed by atoms with E-state index in [9.17, 15) is 9.18 Å². The number of benzene rings is 1. The summed E-state index contributed by atoms with van der Waals surface area (Å²) in [5.41, 5.74) is 1.36. The van der Waals surface area contributed by atoms with Gasteiger partial charge in [0.15, 0.2) is 0 Å². The Labute approximate surface area is 159 Å². The predicted octanol–water partition coefficient (Wildman–Crippen LogP) is 2.04. The molecule has 27 heavy (non-hydrogen) atoms. The minimum atomic E-state index is -0.258. The van der Waals surface area contributed by atoms with Crippen molar-refractivity contribution in [3.05, 3.63) is 53.2 Å². The molecule has 1 N–H and O–H groups in total. The fourth-order valence-electron chi connectivity index (χ4n) is 3.19. The van der Waals surface area contributed by atoms with Gasteiger partial charge in [-0.3, -0.25) is 4.79 Å². The van der Waals surface area contributed by atoms with Gasteiger partial charge in [-0.1, -0.05) is 19.1 Å². The van der Waals surface area contributed by atoms with Crippen LogP contribution >= 0.6 is 0 Å². The van der Waals surface area contributed by atoms with Crippen LogP contribution in [0.25, 0.3) is 0 Å². The average Bonchev–Trinajstić information content (AvgIpc) is 2.69. The maximum Gasteiger partial charge on any atom is 0.270 e. The molecule has 0 atom stereocenters. The van der Waals surface area contributed by atoms with Crippen LogP contribution in [-0.2, 0) is 6.42 Å². The Kier molecular flexibility index (Phi) is 6.34. The largest absolute Gasteiger partial charge is 0.354 e. The Morgan fingerprint density at radius 2 is 1.85 bits per heavy atom. The number of carbonyl (C=O) groups is 1. The molecule has 1 amide bonds. The molecule has 3 rings (SSSR count). The molecule has 0 unspecified atom stereocenters. The molecule has 1 aliphatic rings. The normalized spacial score (nSPS) is 15.0. The minimum absolute atomic E-state index is 0.212. The molecule has 7 heteroatoms. The highest BCUT2D eigenvalue weighted by Gasteiger charge is 2.19. The predicted molar refractivity (Wildman–Crippen MR) is 104 cm³/mol. The maximum absolute atomic E-state index is 12.9. The van der Waals surface area contributed by atoms with Crippen LogP contribution in [0.5, 0.6) is 0 Å². The van der Waals surface area contributed by atoms with E-state index in [4.69, 9.17) is 0 Å². The van der Waals surface area contributed by atoms with Gasteiger partial charge < -0.3 is 15.1 Å². The van der Waals surface area contributed by atoms with Crippen LogP contribution in [0.1, 0.15) is 28.8 Å². The lowest BCUT2D eigenvalue weighted by atomic mass is 10.1. The fraction of sp³-hybridized carbons (Fsp3) is 0.450. The monoisotopic (exact) mass is 371 g/mol. The van der Waals surface area contributed by atoms with E-state index in [1.54, 1.807) is 25.1 Å². The first kappa shape index (κ1) is 19.2. The van der Waals surface area contributed by atoms with Crippen LogP contribution in [0.3, 0.4) is 0 Å². The van der Waals surface area contributed by atoms with Crippen molar-refractivity contribution < 1.29 is 9.18 Å². The highest BCUT2D eigenvalue weighted by molar-refractivity contribution is 5.92. The molecule has 0 radical (unpaired) electrons. The summed E-state index contributed by atoms with van der Waals surface area (Å²) < 4.78 is 12.9. The standard InChI is InChI=1S/C20H26FN5O/c1-3-25-10-12-26(13-11-25)19-14-18(23-15(2)24-19)20(27)22-9-8-16-4-6-17(21)7-5-16/h4-7,14H,3,8-13H2,1-2H3,(H,22,27). The Balaban J connectivity index is 1.59. The zero-order valence-corrected chi connectivity index (χ0v) is 15.9. The highest BCUT2D eigenvalue weighted by Crippen LogP contribution is 2.15. The van der Waals surface area contributed by atoms with Crippen LogP contribution in [0.2, 0.25) is 0 Å². The number of anilines is 1. The third-order valence-corrected chi connectivity index (χ3v) is 4.81. The molecule has 144 valence electrons. The van der Waals surface area contributed by atoms with Gasteiger partial charge in [-0.05, 0) is 37.6 Å². The molecule has 6 nitrogen and oxygen atoms in total. The van der Waals surface area contributed by atoms with Crippen molar-refractivity contribution in [1.29, 1.82) is 0 Å². The van der Waals surface area contributed by atoms with Crippen molar-refractivity contribution in [2.24, 2.45) is 0 Å². The molecule has 0 saturated carbocycles. The number of hydrogen-bond donors (Lipinski definition) is 1. The van der Waals surface area contributed by atoms with Gasteiger partial charge in [0.2, 0.25) is 0 Å². The van der Waals surface area contributed by atoms with E-state index < -0.39 is 0 Å². The molecule has 2 aromatic rings. The molecule has 1 fully saturated rings. The fourth-order valence-corrected chi connectivity index (χ4v) is 3.19. The number of piperazine rings is 1. The Morgan fingerprint density at radius 1 is 1.15 bits per heavy atom. The van der Waals surface area contributed by atoms with Gasteiger partial charge in [0, 0.05) is 38.8 Å². The number of rotatable bonds is 6. The number of aromatic nitrogens is 2. The van der Waals surface area contributed by atoms with Gasteiger partial charge in [0.25, 0.3) is 5.91 Å². The first-order valence-electron chi connectivity index (χ1n) is 9.41. The highest BCUT2D eigenvalue weighted by atomic mass is 19.1. The zero-order valence-electron chi connectivity index (χ0n) is 15.9. The maximum atomic E-state index is 12.9. The van der Waals surface area contributed by atoms with E-state index >= 15 is 0 Å². The molecule has 2 heterocycles. The minimum Gasteiger partial charge on any atom is -0.354 e. The summed E-state index contributed by atoms with van der Waals surface area (Å²) in [7, 11) is 0. The van der Waals surface area contributed by atoms with Gasteiger partial charge >= 0.3 is 0 Å². The van der Waals surface area contributed by atoms with Crippen LogP contribution in [0.15, 0.2) is 30.3 Å². The second kappa shape index (κ2) is 8.90. The smallest absolute Gasteiger partial charge is 0.270 e. The second-order valence-corrected chi connectivity index (χ2v) is 6.71. The van der Waals surface area contributed by atoms with E-state index in [1.165, 1.54) is 12.1 Å². The van der Waals surface area contributed by atoms with E-state index in [-0.39, 0.29) is 11.7 Å². The molecular weight excluding hydrogens is 345 g/mol. The summed E-state index contributed by atoms with van der Waals surface area (Å²) >= 11 is 0. The van der Waals surface area contributed by atoms with Crippen molar-refractivity contribution in [3.63, 3.8) is 0 Å². The lowest BCUT2D eigenvalue weighted by Gasteiger charge is -2.34. The molecule has 0 spiro atoms. The van der Waals surface area contributed by atoms with Crippen LogP contribution in [0, 0.1) is 12.7 Å². The molecule has 0 bridgehead atoms. The number of nitrogens with one attached hydrogen (secondary N) is 1. The lowest BCUT2D eigenvalue weighted by Crippen LogP contribution is -2.46. The number of aryl methyl sites for hydroxylation is 1. The van der Waals surface area contributed by atoms with Gasteiger partial charge in [0.1, 0.15) is 23.2 Å². The number of halogens is 1. The summed E-state index contributed by atoms with van der Waals surface area (Å²) in [5.74, 6) is 0.929. The van der Waals surface area contributed by atoms with Crippen molar-refractivity contribution in [3.8, 4) is 0 Å². The third kappa shape index (κ3) is 5.23. The summed E-state index contributed by atoms with van der Waals surface area (Å²) in [4.78, 5) is 25.9. The molecule has 1 aromatic heterocycles. The number of nitrogens with zero attached hydrogens (tertiary/aromatic N) is 4. The lowest BCUT2D eigenvalue weighted by molar-refractivity contribution is 0.0948. The SMILES string of the molecule is CCN1CCN(c2cc(C(=O)NCCc3ccc(F)cc3)nc(C)n2)CC1. The van der Waals surface area contributed by atoms with Crippen LogP contribution < -0.4 is 10.2 Å². The summed E-state index contributed by atoms with van der Waals surface area (Å²) in [6.45, 7) is 9.29. The van der Waals surface area contributed by atoms with Crippen molar-refractivity contribution in [1.82, 2.24) is 20.2 Å². The number of likely N-dealkylation sites (N-methyl/N-ethyl adjacent to an activating group) is 1. The van der Waals surface area contributed by atoms with E-state index in [0.29, 0.717) is 24.5 Å². The molecule has 1 aliphatic heterocycles. The topological polar surface area (TPSA) is 61.4 Å². The van der Waals surface area contributed by atoms with Crippen molar-refractivity contribution in [2.75, 3.05) is 44.2 Å².